The summed E-state index contributed by atoms with van der Waals surface area (Å²) < 4.78 is 0. The van der Waals surface area contributed by atoms with E-state index < -0.39 is 0 Å². The van der Waals surface area contributed by atoms with Gasteiger partial charge in [0.05, 0.1) is 0 Å². The molecule has 1 N–H and O–H groups in total. The normalized spacial score (nSPS) is 39.7. The number of hydrogen-bond donors (Lipinski definition) is 1. The van der Waals surface area contributed by atoms with E-state index in [1.54, 1.807) is 0 Å². The minimum absolute atomic E-state index is 0.921. The largest absolute Gasteiger partial charge is 0.319 e. The molecule has 3 heteroatoms. The zero-order valence-corrected chi connectivity index (χ0v) is 11.2. The highest BCUT2D eigenvalue weighted by molar-refractivity contribution is 4.93. The average Bonchev–Trinajstić information content (AvgIpc) is 2.73. The van der Waals surface area contributed by atoms with E-state index in [9.17, 15) is 0 Å². The summed E-state index contributed by atoms with van der Waals surface area (Å²) >= 11 is 0. The first-order valence-corrected chi connectivity index (χ1v) is 7.48. The molecule has 0 aromatic heterocycles. The second kappa shape index (κ2) is 5.25. The fourth-order valence-corrected chi connectivity index (χ4v) is 4.19. The highest BCUT2D eigenvalue weighted by Crippen LogP contribution is 2.32. The van der Waals surface area contributed by atoms with Crippen LogP contribution in [0, 0.1) is 11.8 Å². The van der Waals surface area contributed by atoms with Gasteiger partial charge in [0.25, 0.3) is 0 Å². The van der Waals surface area contributed by atoms with Crippen molar-refractivity contribution in [3.63, 3.8) is 0 Å². The van der Waals surface area contributed by atoms with Crippen molar-refractivity contribution < 1.29 is 0 Å². The first-order chi connectivity index (χ1) is 8.36. The second-order valence-electron chi connectivity index (χ2n) is 6.24. The van der Waals surface area contributed by atoms with Crippen molar-refractivity contribution in [2.75, 3.05) is 46.3 Å². The summed E-state index contributed by atoms with van der Waals surface area (Å²) in [5, 5.41) is 3.33. The molecule has 2 bridgehead atoms. The molecule has 3 unspecified atom stereocenters. The number of rotatable bonds is 3. The third-order valence-electron chi connectivity index (χ3n) is 5.21. The molecule has 3 rings (SSSR count). The maximum Gasteiger partial charge on any atom is 0.0148 e. The minimum atomic E-state index is 0.921. The average molecular weight is 237 g/mol. The highest BCUT2D eigenvalue weighted by Gasteiger charge is 2.38. The first kappa shape index (κ1) is 11.9. The third kappa shape index (κ3) is 2.51. The van der Waals surface area contributed by atoms with Crippen LogP contribution in [-0.4, -0.2) is 62.2 Å². The number of likely N-dealkylation sites (tertiary alicyclic amines) is 1. The van der Waals surface area contributed by atoms with E-state index in [-0.39, 0.29) is 0 Å². The number of nitrogens with one attached hydrogen (secondary N) is 1. The molecule has 3 heterocycles. The second-order valence-corrected chi connectivity index (χ2v) is 6.24. The van der Waals surface area contributed by atoms with E-state index in [4.69, 9.17) is 0 Å². The number of hydrogen-bond acceptors (Lipinski definition) is 3. The number of piperidine rings is 2. The van der Waals surface area contributed by atoms with Gasteiger partial charge < -0.3 is 10.2 Å². The van der Waals surface area contributed by atoms with Gasteiger partial charge in [-0.1, -0.05) is 0 Å². The van der Waals surface area contributed by atoms with Crippen LogP contribution in [0.4, 0.5) is 0 Å². The molecule has 0 aromatic rings. The van der Waals surface area contributed by atoms with Gasteiger partial charge >= 0.3 is 0 Å². The van der Waals surface area contributed by atoms with Crippen molar-refractivity contribution in [2.45, 2.75) is 31.7 Å². The van der Waals surface area contributed by atoms with Crippen LogP contribution >= 0.6 is 0 Å². The monoisotopic (exact) mass is 237 g/mol. The van der Waals surface area contributed by atoms with Crippen molar-refractivity contribution in [3.8, 4) is 0 Å². The molecule has 0 radical (unpaired) electrons. The lowest BCUT2D eigenvalue weighted by molar-refractivity contribution is 0.0677. The number of fused-ring (bicyclic) bond motifs is 2. The topological polar surface area (TPSA) is 18.5 Å². The molecule has 0 aliphatic carbocycles. The summed E-state index contributed by atoms with van der Waals surface area (Å²) in [7, 11) is 2.08. The Morgan fingerprint density at radius 3 is 2.53 bits per heavy atom. The maximum atomic E-state index is 3.33. The first-order valence-electron chi connectivity index (χ1n) is 7.48. The van der Waals surface area contributed by atoms with Crippen LogP contribution in [0.15, 0.2) is 0 Å². The molecule has 3 fully saturated rings. The van der Waals surface area contributed by atoms with Crippen molar-refractivity contribution in [2.24, 2.45) is 11.8 Å². The molecule has 0 spiro atoms. The van der Waals surface area contributed by atoms with Crippen molar-refractivity contribution in [1.82, 2.24) is 15.1 Å². The lowest BCUT2D eigenvalue weighted by Crippen LogP contribution is -2.50. The summed E-state index contributed by atoms with van der Waals surface area (Å²) in [4.78, 5) is 5.48. The van der Waals surface area contributed by atoms with Gasteiger partial charge in [-0.05, 0) is 77.3 Å². The molecule has 3 nitrogen and oxygen atoms in total. The summed E-state index contributed by atoms with van der Waals surface area (Å²) in [6, 6.07) is 0.921. The molecule has 0 saturated carbocycles. The van der Waals surface area contributed by atoms with Crippen molar-refractivity contribution in [3.05, 3.63) is 0 Å². The van der Waals surface area contributed by atoms with Crippen LogP contribution in [-0.2, 0) is 0 Å². The van der Waals surface area contributed by atoms with Crippen LogP contribution in [0.5, 0.6) is 0 Å². The zero-order valence-electron chi connectivity index (χ0n) is 11.2. The van der Waals surface area contributed by atoms with Gasteiger partial charge in [0.1, 0.15) is 0 Å². The molecule has 17 heavy (non-hydrogen) atoms. The predicted octanol–water partition coefficient (Wildman–Crippen LogP) is 1.01. The summed E-state index contributed by atoms with van der Waals surface area (Å²) in [6.07, 6.45) is 5.71. The molecule has 0 amide bonds. The van der Waals surface area contributed by atoms with Crippen LogP contribution < -0.4 is 5.32 Å². The van der Waals surface area contributed by atoms with E-state index in [1.807, 2.05) is 0 Å². The van der Waals surface area contributed by atoms with Crippen LogP contribution in [0.25, 0.3) is 0 Å². The van der Waals surface area contributed by atoms with E-state index in [2.05, 4.69) is 22.2 Å². The highest BCUT2D eigenvalue weighted by atomic mass is 15.2. The fraction of sp³-hybridized carbons (Fsp3) is 1.00. The van der Waals surface area contributed by atoms with Gasteiger partial charge in [0.2, 0.25) is 0 Å². The summed E-state index contributed by atoms with van der Waals surface area (Å²) in [5.74, 6) is 1.92. The molecule has 0 aromatic carbocycles. The molecule has 3 aliphatic rings. The molecule has 3 atom stereocenters. The maximum absolute atomic E-state index is 3.33. The molecular weight excluding hydrogens is 210 g/mol. The standard InChI is InChI=1S/C14H27N3/c1-15-10-12-2-8-17(9-3-12)14-5-7-16-6-4-13(14)11-16/h12-15H,2-11H2,1H3. The summed E-state index contributed by atoms with van der Waals surface area (Å²) in [6.45, 7) is 8.05. The molecule has 3 saturated heterocycles. The Morgan fingerprint density at radius 1 is 1.00 bits per heavy atom. The van der Waals surface area contributed by atoms with Crippen molar-refractivity contribution in [1.29, 1.82) is 0 Å². The van der Waals surface area contributed by atoms with Gasteiger partial charge in [0.15, 0.2) is 0 Å². The fourth-order valence-electron chi connectivity index (χ4n) is 4.19. The van der Waals surface area contributed by atoms with Gasteiger partial charge in [0, 0.05) is 12.6 Å². The lowest BCUT2D eigenvalue weighted by atomic mass is 9.89. The Morgan fingerprint density at radius 2 is 1.76 bits per heavy atom. The predicted molar refractivity (Wildman–Crippen MR) is 71.2 cm³/mol. The third-order valence-corrected chi connectivity index (χ3v) is 5.21. The smallest absolute Gasteiger partial charge is 0.0148 e. The van der Waals surface area contributed by atoms with E-state index >= 15 is 0 Å². The Hall–Kier alpha value is -0.120. The Balaban J connectivity index is 1.52. The van der Waals surface area contributed by atoms with E-state index in [1.165, 1.54) is 65.0 Å². The van der Waals surface area contributed by atoms with Crippen LogP contribution in [0.1, 0.15) is 25.7 Å². The molecule has 3 aliphatic heterocycles. The van der Waals surface area contributed by atoms with E-state index in [0.717, 1.165) is 17.9 Å². The van der Waals surface area contributed by atoms with E-state index in [0.29, 0.717) is 0 Å². The van der Waals surface area contributed by atoms with Crippen molar-refractivity contribution >= 4 is 0 Å². The zero-order chi connectivity index (χ0) is 11.7. The quantitative estimate of drug-likeness (QED) is 0.790. The van der Waals surface area contributed by atoms with Gasteiger partial charge in [-0.15, -0.1) is 0 Å². The lowest BCUT2D eigenvalue weighted by Gasteiger charge is -2.42. The van der Waals surface area contributed by atoms with Gasteiger partial charge in [-0.25, -0.2) is 0 Å². The molecular formula is C14H27N3. The Kier molecular flexibility index (Phi) is 3.69. The van der Waals surface area contributed by atoms with Gasteiger partial charge in [-0.2, -0.15) is 0 Å². The Labute approximate surface area is 106 Å². The SMILES string of the molecule is CNCC1CCN(C2CCN3CCC2C3)CC1. The summed E-state index contributed by atoms with van der Waals surface area (Å²) in [5.41, 5.74) is 0. The Bertz CT molecular complexity index is 248. The number of nitrogens with zero attached hydrogens (tertiary/aromatic N) is 2. The minimum Gasteiger partial charge on any atom is -0.319 e. The molecule has 98 valence electrons. The van der Waals surface area contributed by atoms with Crippen LogP contribution in [0.2, 0.25) is 0 Å². The van der Waals surface area contributed by atoms with Gasteiger partial charge in [-0.3, -0.25) is 4.90 Å². The van der Waals surface area contributed by atoms with Crippen LogP contribution in [0.3, 0.4) is 0 Å².